The highest BCUT2D eigenvalue weighted by molar-refractivity contribution is 5.83. The molecule has 2 unspecified atom stereocenters. The van der Waals surface area contributed by atoms with Crippen LogP contribution in [0.2, 0.25) is 0 Å². The van der Waals surface area contributed by atoms with Gasteiger partial charge in [-0.2, -0.15) is 0 Å². The van der Waals surface area contributed by atoms with Gasteiger partial charge in [-0.05, 0) is 96.1 Å². The molecule has 7 heteroatoms. The molecule has 0 heterocycles. The highest BCUT2D eigenvalue weighted by atomic mass is 16.5. The lowest BCUT2D eigenvalue weighted by Gasteiger charge is -2.15. The van der Waals surface area contributed by atoms with Crippen LogP contribution >= 0.6 is 0 Å². The van der Waals surface area contributed by atoms with E-state index in [1.54, 1.807) is 0 Å². The van der Waals surface area contributed by atoms with Gasteiger partial charge in [-0.15, -0.1) is 0 Å². The van der Waals surface area contributed by atoms with Crippen LogP contribution in [0.4, 0.5) is 0 Å². The number of hydrogen-bond donors (Lipinski definition) is 3. The molecule has 326 valence electrons. The van der Waals surface area contributed by atoms with Gasteiger partial charge in [0.15, 0.2) is 0 Å². The van der Waals surface area contributed by atoms with Crippen LogP contribution in [-0.4, -0.2) is 41.6 Å². The molecule has 56 heavy (non-hydrogen) atoms. The first-order chi connectivity index (χ1) is 27.4. The Morgan fingerprint density at radius 3 is 1.48 bits per heavy atom. The van der Waals surface area contributed by atoms with E-state index in [1.807, 2.05) is 0 Å². The summed E-state index contributed by atoms with van der Waals surface area (Å²) in [7, 11) is 0. The Bertz CT molecular complexity index is 978. The predicted octanol–water partition coefficient (Wildman–Crippen LogP) is 13.8. The molecular formula is C49H90N2O5. The SMILES string of the molecule is CCCCCCC/C=C\C/C=C\CCCCCCCCCCCCCC(=O)OC(/C=C\CCCCCCCC)CCCCCCC(=O)NC(CCCN)C(=O)O. The third-order valence-corrected chi connectivity index (χ3v) is 10.7. The molecule has 7 nitrogen and oxygen atoms in total. The van der Waals surface area contributed by atoms with Crippen LogP contribution in [0.25, 0.3) is 0 Å². The van der Waals surface area contributed by atoms with E-state index in [-0.39, 0.29) is 18.0 Å². The number of carboxylic acid groups (broad SMARTS) is 1. The number of nitrogens with one attached hydrogen (secondary N) is 1. The third-order valence-electron chi connectivity index (χ3n) is 10.7. The number of nitrogens with two attached hydrogens (primary N) is 1. The number of amides is 1. The van der Waals surface area contributed by atoms with Crippen molar-refractivity contribution in [3.05, 3.63) is 36.5 Å². The third kappa shape index (κ3) is 39.8. The molecule has 0 aromatic carbocycles. The maximum atomic E-state index is 12.8. The number of esters is 1. The Morgan fingerprint density at radius 2 is 0.982 bits per heavy atom. The summed E-state index contributed by atoms with van der Waals surface area (Å²) in [5, 5.41) is 11.9. The van der Waals surface area contributed by atoms with Crippen molar-refractivity contribution in [1.29, 1.82) is 0 Å². The fourth-order valence-corrected chi connectivity index (χ4v) is 7.04. The van der Waals surface area contributed by atoms with Crippen molar-refractivity contribution in [2.24, 2.45) is 5.73 Å². The summed E-state index contributed by atoms with van der Waals surface area (Å²) < 4.78 is 5.94. The van der Waals surface area contributed by atoms with Gasteiger partial charge in [-0.1, -0.05) is 173 Å². The molecule has 0 bridgehead atoms. The van der Waals surface area contributed by atoms with Crippen LogP contribution in [0.3, 0.4) is 0 Å². The van der Waals surface area contributed by atoms with Gasteiger partial charge < -0.3 is 20.9 Å². The zero-order valence-electron chi connectivity index (χ0n) is 36.7. The average molecular weight is 787 g/mol. The Labute approximate surface area is 345 Å². The first-order valence-corrected chi connectivity index (χ1v) is 23.8. The van der Waals surface area contributed by atoms with Crippen LogP contribution in [0.5, 0.6) is 0 Å². The first kappa shape index (κ1) is 53.6. The maximum Gasteiger partial charge on any atom is 0.326 e. The largest absolute Gasteiger partial charge is 0.480 e. The lowest BCUT2D eigenvalue weighted by atomic mass is 10.0. The van der Waals surface area contributed by atoms with Crippen LogP contribution in [0, 0.1) is 0 Å². The summed E-state index contributed by atoms with van der Waals surface area (Å²) in [5.41, 5.74) is 5.49. The smallest absolute Gasteiger partial charge is 0.326 e. The Balaban J connectivity index is 4.10. The van der Waals surface area contributed by atoms with Gasteiger partial charge in [-0.25, -0.2) is 4.79 Å². The van der Waals surface area contributed by atoms with Crippen molar-refractivity contribution in [2.75, 3.05) is 6.54 Å². The van der Waals surface area contributed by atoms with E-state index >= 15 is 0 Å². The number of allylic oxidation sites excluding steroid dienone is 5. The van der Waals surface area contributed by atoms with E-state index in [0.717, 1.165) is 51.4 Å². The number of aliphatic carboxylic acids is 1. The summed E-state index contributed by atoms with van der Waals surface area (Å²) in [6, 6.07) is -0.870. The fraction of sp³-hybridized carbons (Fsp3) is 0.816. The second-order valence-corrected chi connectivity index (χ2v) is 16.2. The van der Waals surface area contributed by atoms with Crippen LogP contribution in [0.1, 0.15) is 239 Å². The number of carboxylic acids is 1. The number of rotatable bonds is 43. The second-order valence-electron chi connectivity index (χ2n) is 16.2. The highest BCUT2D eigenvalue weighted by Gasteiger charge is 2.19. The van der Waals surface area contributed by atoms with Gasteiger partial charge in [0, 0.05) is 12.8 Å². The molecule has 1 amide bonds. The fourth-order valence-electron chi connectivity index (χ4n) is 7.04. The molecule has 4 N–H and O–H groups in total. The number of hydrogen-bond acceptors (Lipinski definition) is 5. The van der Waals surface area contributed by atoms with Gasteiger partial charge in [-0.3, -0.25) is 9.59 Å². The maximum absolute atomic E-state index is 12.8. The summed E-state index contributed by atoms with van der Waals surface area (Å²) in [6.45, 7) is 4.92. The Hall–Kier alpha value is -2.41. The van der Waals surface area contributed by atoms with E-state index in [4.69, 9.17) is 10.5 Å². The van der Waals surface area contributed by atoms with Crippen LogP contribution in [0.15, 0.2) is 36.5 Å². The van der Waals surface area contributed by atoms with Crippen molar-refractivity contribution in [3.63, 3.8) is 0 Å². The lowest BCUT2D eigenvalue weighted by Crippen LogP contribution is -2.40. The van der Waals surface area contributed by atoms with E-state index in [0.29, 0.717) is 38.6 Å². The molecule has 0 aliphatic rings. The van der Waals surface area contributed by atoms with Crippen molar-refractivity contribution in [3.8, 4) is 0 Å². The van der Waals surface area contributed by atoms with Crippen LogP contribution in [-0.2, 0) is 19.1 Å². The molecule has 0 rings (SSSR count). The number of carbonyl (C=O) groups is 3. The Morgan fingerprint density at radius 1 is 0.536 bits per heavy atom. The Kier molecular flexibility index (Phi) is 41.8. The summed E-state index contributed by atoms with van der Waals surface area (Å²) >= 11 is 0. The summed E-state index contributed by atoms with van der Waals surface area (Å²) in [5.74, 6) is -1.32. The normalized spacial score (nSPS) is 12.9. The van der Waals surface area contributed by atoms with E-state index in [1.165, 1.54) is 141 Å². The van der Waals surface area contributed by atoms with Crippen molar-refractivity contribution in [2.45, 2.75) is 251 Å². The predicted molar refractivity (Wildman–Crippen MR) is 239 cm³/mol. The minimum Gasteiger partial charge on any atom is -0.480 e. The van der Waals surface area contributed by atoms with Crippen molar-refractivity contribution >= 4 is 17.8 Å². The average Bonchev–Trinajstić information content (AvgIpc) is 3.18. The number of ether oxygens (including phenoxy) is 1. The quantitative estimate of drug-likeness (QED) is 0.0322. The van der Waals surface area contributed by atoms with Gasteiger partial charge >= 0.3 is 11.9 Å². The molecular weight excluding hydrogens is 697 g/mol. The van der Waals surface area contributed by atoms with Gasteiger partial charge in [0.1, 0.15) is 12.1 Å². The monoisotopic (exact) mass is 787 g/mol. The van der Waals surface area contributed by atoms with Gasteiger partial charge in [0.25, 0.3) is 0 Å². The van der Waals surface area contributed by atoms with Crippen molar-refractivity contribution in [1.82, 2.24) is 5.32 Å². The standard InChI is InChI=1S/C49H90N2O5/c1-3-5-7-9-11-13-14-15-16-17-18-19-20-21-22-23-24-25-26-27-29-31-37-43-48(53)56-45(39-34-30-28-12-10-8-6-4-2)40-35-32-33-36-42-47(52)51-46(49(54)55)41-38-44-50/h14-15,17-18,34,39,45-46H,3-13,16,19-33,35-38,40-44,50H2,1-2H3,(H,51,52)(H,54,55)/b15-14-,18-17-,39-34-. The molecule has 0 aliphatic heterocycles. The molecule has 2 atom stereocenters. The van der Waals surface area contributed by atoms with Crippen molar-refractivity contribution < 1.29 is 24.2 Å². The molecule has 0 aromatic rings. The molecule has 0 radical (unpaired) electrons. The van der Waals surface area contributed by atoms with E-state index in [9.17, 15) is 19.5 Å². The minimum atomic E-state index is -1.01. The number of unbranched alkanes of at least 4 members (excludes halogenated alkanes) is 25. The molecule has 0 aromatic heterocycles. The molecule has 0 spiro atoms. The summed E-state index contributed by atoms with van der Waals surface area (Å²) in [4.78, 5) is 36.4. The highest BCUT2D eigenvalue weighted by Crippen LogP contribution is 2.16. The van der Waals surface area contributed by atoms with Gasteiger partial charge in [0.05, 0.1) is 0 Å². The minimum absolute atomic E-state index is 0.0886. The molecule has 0 saturated heterocycles. The molecule has 0 saturated carbocycles. The molecule has 0 aliphatic carbocycles. The van der Waals surface area contributed by atoms with E-state index < -0.39 is 12.0 Å². The summed E-state index contributed by atoms with van der Waals surface area (Å²) in [6.07, 6.45) is 52.2. The second kappa shape index (κ2) is 43.7. The lowest BCUT2D eigenvalue weighted by molar-refractivity contribution is -0.147. The van der Waals surface area contributed by atoms with E-state index in [2.05, 4.69) is 55.6 Å². The molecule has 0 fully saturated rings. The van der Waals surface area contributed by atoms with Gasteiger partial charge in [0.2, 0.25) is 5.91 Å². The number of carbonyl (C=O) groups excluding carboxylic acids is 2. The zero-order chi connectivity index (χ0) is 41.0. The first-order valence-electron chi connectivity index (χ1n) is 23.8. The topological polar surface area (TPSA) is 119 Å². The van der Waals surface area contributed by atoms with Crippen LogP contribution < -0.4 is 11.1 Å². The zero-order valence-corrected chi connectivity index (χ0v) is 36.7.